The van der Waals surface area contributed by atoms with Gasteiger partial charge in [0.05, 0.1) is 11.6 Å². The number of allylic oxidation sites excluding steroid dienone is 1. The van der Waals surface area contributed by atoms with Crippen molar-refractivity contribution in [1.82, 2.24) is 0 Å². The molecule has 3 aromatic rings. The minimum absolute atomic E-state index is 0.0960. The minimum Gasteiger partial charge on any atom is -0.463 e. The van der Waals surface area contributed by atoms with Crippen molar-refractivity contribution in [3.05, 3.63) is 76.9 Å². The summed E-state index contributed by atoms with van der Waals surface area (Å²) >= 11 is 0. The van der Waals surface area contributed by atoms with Gasteiger partial charge >= 0.3 is 0 Å². The van der Waals surface area contributed by atoms with E-state index in [1.54, 1.807) is 24.5 Å². The summed E-state index contributed by atoms with van der Waals surface area (Å²) in [5.74, 6) is 1.06. The van der Waals surface area contributed by atoms with Gasteiger partial charge in [-0.2, -0.15) is 0 Å². The molecule has 1 aromatic heterocycles. The van der Waals surface area contributed by atoms with Gasteiger partial charge in [0.1, 0.15) is 17.0 Å². The monoisotopic (exact) mass is 332 g/mol. The lowest BCUT2D eigenvalue weighted by Crippen LogP contribution is -2.08. The zero-order chi connectivity index (χ0) is 17.4. The number of nitrogens with zero attached hydrogens (tertiary/aromatic N) is 2. The molecule has 0 spiro atoms. The van der Waals surface area contributed by atoms with Crippen molar-refractivity contribution in [2.45, 2.75) is 0 Å². The SMILES string of the molecule is CN(C)c1ccc2c(c1)OC=CC(c1cc(=O)c3ccccc3o1)=N2. The summed E-state index contributed by atoms with van der Waals surface area (Å²) in [4.78, 5) is 18.9. The number of hydrogen-bond acceptors (Lipinski definition) is 5. The fourth-order valence-electron chi connectivity index (χ4n) is 2.67. The van der Waals surface area contributed by atoms with E-state index < -0.39 is 0 Å². The number of anilines is 1. The first kappa shape index (κ1) is 15.2. The number of fused-ring (bicyclic) bond motifs is 2. The average Bonchev–Trinajstić information content (AvgIpc) is 2.83. The number of hydrogen-bond donors (Lipinski definition) is 0. The highest BCUT2D eigenvalue weighted by Crippen LogP contribution is 2.34. The van der Waals surface area contributed by atoms with Crippen LogP contribution in [0.15, 0.2) is 75.1 Å². The molecule has 5 heteroatoms. The van der Waals surface area contributed by atoms with E-state index in [0.29, 0.717) is 33.9 Å². The molecule has 0 unspecified atom stereocenters. The molecule has 0 fully saturated rings. The van der Waals surface area contributed by atoms with Gasteiger partial charge in [-0.25, -0.2) is 4.99 Å². The summed E-state index contributed by atoms with van der Waals surface area (Å²) in [5.41, 5.74) is 2.68. The molecule has 1 aliphatic heterocycles. The first-order valence-corrected chi connectivity index (χ1v) is 7.88. The summed E-state index contributed by atoms with van der Waals surface area (Å²) in [6.07, 6.45) is 3.25. The van der Waals surface area contributed by atoms with E-state index in [-0.39, 0.29) is 5.43 Å². The van der Waals surface area contributed by atoms with Gasteiger partial charge in [0, 0.05) is 38.0 Å². The molecule has 25 heavy (non-hydrogen) atoms. The predicted molar refractivity (Wildman–Crippen MR) is 99.2 cm³/mol. The van der Waals surface area contributed by atoms with Crippen LogP contribution < -0.4 is 15.1 Å². The number of benzene rings is 2. The topological polar surface area (TPSA) is 55.0 Å². The van der Waals surface area contributed by atoms with Gasteiger partial charge in [0.25, 0.3) is 0 Å². The maximum atomic E-state index is 12.3. The predicted octanol–water partition coefficient (Wildman–Crippen LogP) is 3.89. The quantitative estimate of drug-likeness (QED) is 0.714. The second-order valence-electron chi connectivity index (χ2n) is 5.94. The first-order valence-electron chi connectivity index (χ1n) is 7.88. The molecule has 2 aromatic carbocycles. The van der Waals surface area contributed by atoms with Crippen LogP contribution in [0.5, 0.6) is 5.75 Å². The Morgan fingerprint density at radius 1 is 1.04 bits per heavy atom. The van der Waals surface area contributed by atoms with Gasteiger partial charge in [-0.1, -0.05) is 12.1 Å². The largest absolute Gasteiger partial charge is 0.463 e. The van der Waals surface area contributed by atoms with Crippen molar-refractivity contribution in [2.24, 2.45) is 4.99 Å². The molecule has 0 N–H and O–H groups in total. The van der Waals surface area contributed by atoms with Crippen LogP contribution in [0.4, 0.5) is 11.4 Å². The van der Waals surface area contributed by atoms with E-state index >= 15 is 0 Å². The van der Waals surface area contributed by atoms with Crippen molar-refractivity contribution in [3.63, 3.8) is 0 Å². The molecule has 0 aliphatic carbocycles. The smallest absolute Gasteiger partial charge is 0.193 e. The normalized spacial score (nSPS) is 13.0. The summed E-state index contributed by atoms with van der Waals surface area (Å²) < 4.78 is 11.5. The molecule has 0 saturated carbocycles. The number of rotatable bonds is 2. The molecule has 2 heterocycles. The number of para-hydroxylation sites is 1. The number of ether oxygens (including phenoxy) is 1. The molecule has 0 amide bonds. The van der Waals surface area contributed by atoms with Crippen LogP contribution >= 0.6 is 0 Å². The molecule has 0 radical (unpaired) electrons. The van der Waals surface area contributed by atoms with Crippen LogP contribution in [0.25, 0.3) is 11.0 Å². The second kappa shape index (κ2) is 5.94. The van der Waals surface area contributed by atoms with Crippen molar-refractivity contribution < 1.29 is 9.15 Å². The van der Waals surface area contributed by atoms with E-state index in [4.69, 9.17) is 9.15 Å². The van der Waals surface area contributed by atoms with Gasteiger partial charge in [0.2, 0.25) is 0 Å². The Bertz CT molecular complexity index is 1080. The lowest BCUT2D eigenvalue weighted by molar-refractivity contribution is 0.485. The molecule has 1 aliphatic rings. The maximum absolute atomic E-state index is 12.3. The van der Waals surface area contributed by atoms with Crippen LogP contribution in [-0.2, 0) is 0 Å². The summed E-state index contributed by atoms with van der Waals surface area (Å²) in [6.45, 7) is 0. The van der Waals surface area contributed by atoms with Crippen LogP contribution in [0.2, 0.25) is 0 Å². The van der Waals surface area contributed by atoms with Crippen LogP contribution in [-0.4, -0.2) is 19.8 Å². The molecule has 124 valence electrons. The van der Waals surface area contributed by atoms with Gasteiger partial charge in [-0.05, 0) is 24.3 Å². The van der Waals surface area contributed by atoms with E-state index in [1.165, 1.54) is 6.07 Å². The van der Waals surface area contributed by atoms with Crippen LogP contribution in [0.1, 0.15) is 5.76 Å². The zero-order valence-corrected chi connectivity index (χ0v) is 13.9. The maximum Gasteiger partial charge on any atom is 0.193 e. The van der Waals surface area contributed by atoms with Crippen molar-refractivity contribution in [2.75, 3.05) is 19.0 Å². The molecular formula is C20H16N2O3. The van der Waals surface area contributed by atoms with Gasteiger partial charge < -0.3 is 14.1 Å². The third kappa shape index (κ3) is 2.80. The van der Waals surface area contributed by atoms with Crippen molar-refractivity contribution in [3.8, 4) is 5.75 Å². The van der Waals surface area contributed by atoms with Crippen molar-refractivity contribution in [1.29, 1.82) is 0 Å². The Balaban J connectivity index is 1.84. The average molecular weight is 332 g/mol. The molecule has 4 rings (SSSR count). The summed E-state index contributed by atoms with van der Waals surface area (Å²) in [6, 6.07) is 14.4. The summed E-state index contributed by atoms with van der Waals surface area (Å²) in [5, 5.41) is 0.553. The van der Waals surface area contributed by atoms with E-state index in [9.17, 15) is 4.79 Å². The third-order valence-corrected chi connectivity index (χ3v) is 4.01. The zero-order valence-electron chi connectivity index (χ0n) is 13.9. The fraction of sp³-hybridized carbons (Fsp3) is 0.100. The highest BCUT2D eigenvalue weighted by atomic mass is 16.5. The van der Waals surface area contributed by atoms with Gasteiger partial charge in [-0.15, -0.1) is 0 Å². The lowest BCUT2D eigenvalue weighted by Gasteiger charge is -2.14. The van der Waals surface area contributed by atoms with Gasteiger partial charge in [0.15, 0.2) is 16.9 Å². The highest BCUT2D eigenvalue weighted by Gasteiger charge is 2.14. The molecular weight excluding hydrogens is 316 g/mol. The third-order valence-electron chi connectivity index (χ3n) is 4.01. The minimum atomic E-state index is -0.0960. The Hall–Kier alpha value is -3.34. The standard InChI is InChI=1S/C20H16N2O3/c1-22(2)13-7-8-15-19(11-13)24-10-9-16(21-15)20-12-17(23)14-5-3-4-6-18(14)25-20/h3-12H,1-2H3. The fourth-order valence-corrected chi connectivity index (χ4v) is 2.67. The van der Waals surface area contributed by atoms with E-state index in [2.05, 4.69) is 4.99 Å². The van der Waals surface area contributed by atoms with E-state index in [1.807, 2.05) is 49.3 Å². The Labute approximate surface area is 144 Å². The second-order valence-corrected chi connectivity index (χ2v) is 5.94. The summed E-state index contributed by atoms with van der Waals surface area (Å²) in [7, 11) is 3.93. The van der Waals surface area contributed by atoms with Crippen molar-refractivity contribution >= 4 is 28.1 Å². The Morgan fingerprint density at radius 3 is 2.72 bits per heavy atom. The molecule has 0 saturated heterocycles. The molecule has 5 nitrogen and oxygen atoms in total. The van der Waals surface area contributed by atoms with E-state index in [0.717, 1.165) is 5.69 Å². The Kier molecular flexibility index (Phi) is 3.61. The first-order chi connectivity index (χ1) is 12.1. The van der Waals surface area contributed by atoms with Crippen LogP contribution in [0, 0.1) is 0 Å². The van der Waals surface area contributed by atoms with Crippen LogP contribution in [0.3, 0.4) is 0 Å². The lowest BCUT2D eigenvalue weighted by atomic mass is 10.2. The Morgan fingerprint density at radius 2 is 1.88 bits per heavy atom. The number of aliphatic imine (C=N–C) groups is 1. The molecule has 0 atom stereocenters. The highest BCUT2D eigenvalue weighted by molar-refractivity contribution is 6.09. The molecule has 0 bridgehead atoms. The van der Waals surface area contributed by atoms with Gasteiger partial charge in [-0.3, -0.25) is 4.79 Å².